The standard InChI is InChI=1S/C50H61N9O7/c1-31-46(60)58-42(48(62)55-25-22-52)29-32-8-18-43(65-26-23-53)39(28-32)40-30-38(17-19-44(40)66-27-24-54)45(49(63)56-31)59(2)50(64)41(20-21-51)57-47(61)37-15-13-36(14-16-37)35-11-9-34(10-12-35)33-6-4-3-5-7-33/h8-19,28,30-31,33,41-42,45H,3-7,20-21,23-27,29,51,53-54H2,1-2H3,(H,55,62)(H,56,63)(H,57,61)(H,58,60)/t31-,41-,42-,45-/m0/s1. The predicted molar refractivity (Wildman–Crippen MR) is 251 cm³/mol. The Bertz CT molecular complexity index is 2380. The molecule has 16 heteroatoms. The fraction of sp³-hybridized carbons (Fsp3) is 0.400. The van der Waals surface area contributed by atoms with Crippen LogP contribution in [0.2, 0.25) is 0 Å². The van der Waals surface area contributed by atoms with Gasteiger partial charge in [-0.3, -0.25) is 24.0 Å². The molecular formula is C50H61N9O7. The van der Waals surface area contributed by atoms with Crippen LogP contribution in [0.4, 0.5) is 0 Å². The molecule has 5 amide bonds. The molecule has 0 aromatic heterocycles. The minimum Gasteiger partial charge on any atom is -0.492 e. The predicted octanol–water partition coefficient (Wildman–Crippen LogP) is 3.58. The Labute approximate surface area is 385 Å². The molecule has 4 bridgehead atoms. The highest BCUT2D eigenvalue weighted by atomic mass is 16.5. The third-order valence-electron chi connectivity index (χ3n) is 12.1. The third kappa shape index (κ3) is 12.1. The normalized spacial score (nSPS) is 18.0. The molecule has 348 valence electrons. The van der Waals surface area contributed by atoms with Gasteiger partial charge in [-0.25, -0.2) is 0 Å². The van der Waals surface area contributed by atoms with Gasteiger partial charge in [0.2, 0.25) is 23.6 Å². The second kappa shape index (κ2) is 23.4. The molecule has 0 radical (unpaired) electrons. The number of nitrogens with zero attached hydrogens (tertiary/aromatic N) is 2. The Morgan fingerprint density at radius 1 is 0.788 bits per heavy atom. The number of benzene rings is 4. The maximum absolute atomic E-state index is 14.6. The molecule has 0 saturated heterocycles. The van der Waals surface area contributed by atoms with E-state index in [4.69, 9.17) is 31.9 Å². The van der Waals surface area contributed by atoms with Crippen molar-refractivity contribution < 1.29 is 33.4 Å². The molecule has 66 heavy (non-hydrogen) atoms. The molecule has 1 aliphatic carbocycles. The maximum atomic E-state index is 14.6. The van der Waals surface area contributed by atoms with Gasteiger partial charge in [-0.2, -0.15) is 5.26 Å². The lowest BCUT2D eigenvalue weighted by Gasteiger charge is -2.32. The second-order valence-corrected chi connectivity index (χ2v) is 16.7. The average molecular weight is 900 g/mol. The monoisotopic (exact) mass is 899 g/mol. The minimum absolute atomic E-state index is 0.0128. The van der Waals surface area contributed by atoms with E-state index >= 15 is 0 Å². The van der Waals surface area contributed by atoms with Crippen LogP contribution >= 0.6 is 0 Å². The molecule has 1 saturated carbocycles. The number of hydrogen-bond donors (Lipinski definition) is 7. The van der Waals surface area contributed by atoms with E-state index in [0.717, 1.165) is 11.1 Å². The summed E-state index contributed by atoms with van der Waals surface area (Å²) < 4.78 is 12.2. The first kappa shape index (κ1) is 48.7. The van der Waals surface area contributed by atoms with Crippen molar-refractivity contribution in [2.45, 2.75) is 82.0 Å². The van der Waals surface area contributed by atoms with E-state index in [1.165, 1.54) is 56.5 Å². The largest absolute Gasteiger partial charge is 0.492 e. The number of ether oxygens (including phenoxy) is 2. The molecular weight excluding hydrogens is 839 g/mol. The fourth-order valence-electron chi connectivity index (χ4n) is 8.57. The average Bonchev–Trinajstić information content (AvgIpc) is 3.34. The summed E-state index contributed by atoms with van der Waals surface area (Å²) in [4.78, 5) is 71.3. The molecule has 1 heterocycles. The van der Waals surface area contributed by atoms with Crippen LogP contribution in [-0.4, -0.2) is 99.0 Å². The molecule has 4 aromatic carbocycles. The Hall–Kier alpha value is -6.80. The van der Waals surface area contributed by atoms with E-state index in [0.29, 0.717) is 45.2 Å². The van der Waals surface area contributed by atoms with Crippen molar-refractivity contribution in [3.8, 4) is 39.8 Å². The van der Waals surface area contributed by atoms with Crippen molar-refractivity contribution in [3.63, 3.8) is 0 Å². The minimum atomic E-state index is -1.37. The van der Waals surface area contributed by atoms with E-state index in [-0.39, 0.29) is 52.2 Å². The van der Waals surface area contributed by atoms with Gasteiger partial charge >= 0.3 is 0 Å². The van der Waals surface area contributed by atoms with Crippen molar-refractivity contribution in [2.75, 3.05) is 46.4 Å². The van der Waals surface area contributed by atoms with Crippen LogP contribution in [0.5, 0.6) is 11.5 Å². The van der Waals surface area contributed by atoms with Gasteiger partial charge in [0.05, 0.1) is 6.07 Å². The molecule has 1 aliphatic heterocycles. The van der Waals surface area contributed by atoms with Gasteiger partial charge < -0.3 is 52.8 Å². The Morgan fingerprint density at radius 3 is 2.02 bits per heavy atom. The number of nitrogens with one attached hydrogen (secondary N) is 4. The molecule has 6 rings (SSSR count). The van der Waals surface area contributed by atoms with Crippen molar-refractivity contribution in [2.24, 2.45) is 17.2 Å². The van der Waals surface area contributed by atoms with Crippen LogP contribution in [0.15, 0.2) is 84.9 Å². The zero-order valence-corrected chi connectivity index (χ0v) is 37.6. The van der Waals surface area contributed by atoms with Crippen LogP contribution in [0.1, 0.15) is 84.5 Å². The molecule has 0 unspecified atom stereocenters. The van der Waals surface area contributed by atoms with Gasteiger partial charge in [-0.15, -0.1) is 0 Å². The van der Waals surface area contributed by atoms with Gasteiger partial charge in [-0.1, -0.05) is 67.8 Å². The number of nitriles is 1. The molecule has 10 N–H and O–H groups in total. The first-order valence-corrected chi connectivity index (χ1v) is 22.6. The molecule has 4 aromatic rings. The quantitative estimate of drug-likeness (QED) is 0.0800. The van der Waals surface area contributed by atoms with Crippen LogP contribution in [0.3, 0.4) is 0 Å². The van der Waals surface area contributed by atoms with E-state index in [1.807, 2.05) is 18.2 Å². The highest BCUT2D eigenvalue weighted by molar-refractivity contribution is 5.99. The first-order chi connectivity index (χ1) is 32.0. The lowest BCUT2D eigenvalue weighted by atomic mass is 9.84. The fourth-order valence-corrected chi connectivity index (χ4v) is 8.57. The number of carbonyl (C=O) groups is 5. The summed E-state index contributed by atoms with van der Waals surface area (Å²) in [5, 5.41) is 20.0. The highest BCUT2D eigenvalue weighted by Gasteiger charge is 2.36. The SMILES string of the molecule is C[C@@H]1NC(=O)[C@@H](N(C)C(=O)[C@H](CCN)NC(=O)c2ccc(-c3ccc(C4CCCCC4)cc3)cc2)c2ccc(OCCN)c(c2)-c2cc(ccc2OCCN)C[C@@H](C(=O)NCC#N)NC1=O. The van der Waals surface area contributed by atoms with Gasteiger partial charge in [0.25, 0.3) is 5.91 Å². The van der Waals surface area contributed by atoms with Crippen molar-refractivity contribution in [3.05, 3.63) is 107 Å². The summed E-state index contributed by atoms with van der Waals surface area (Å²) in [6, 6.07) is 23.0. The van der Waals surface area contributed by atoms with E-state index in [1.54, 1.807) is 48.5 Å². The van der Waals surface area contributed by atoms with E-state index in [2.05, 4.69) is 45.5 Å². The van der Waals surface area contributed by atoms with Crippen LogP contribution < -0.4 is 47.9 Å². The topological polar surface area (TPSA) is 257 Å². The zero-order valence-electron chi connectivity index (χ0n) is 37.6. The summed E-state index contributed by atoms with van der Waals surface area (Å²) in [7, 11) is 1.44. The molecule has 4 atom stereocenters. The number of likely N-dealkylation sites (N-methyl/N-ethyl adjacent to an activating group) is 1. The van der Waals surface area contributed by atoms with Crippen LogP contribution in [-0.2, 0) is 25.6 Å². The number of carbonyl (C=O) groups excluding carboxylic acids is 5. The van der Waals surface area contributed by atoms with E-state index in [9.17, 15) is 24.0 Å². The number of rotatable bonds is 16. The van der Waals surface area contributed by atoms with Crippen molar-refractivity contribution >= 4 is 29.5 Å². The van der Waals surface area contributed by atoms with Gasteiger partial charge in [-0.05, 0) is 103 Å². The van der Waals surface area contributed by atoms with Crippen LogP contribution in [0.25, 0.3) is 22.3 Å². The molecule has 16 nitrogen and oxygen atoms in total. The summed E-state index contributed by atoms with van der Waals surface area (Å²) in [6.45, 7) is 1.91. The van der Waals surface area contributed by atoms with Gasteiger partial charge in [0, 0.05) is 43.2 Å². The van der Waals surface area contributed by atoms with Gasteiger partial charge in [0.1, 0.15) is 55.4 Å². The number of fused-ring (bicyclic) bond motifs is 5. The summed E-state index contributed by atoms with van der Waals surface area (Å²) >= 11 is 0. The number of hydrogen-bond acceptors (Lipinski definition) is 11. The van der Waals surface area contributed by atoms with Crippen LogP contribution in [0, 0.1) is 11.3 Å². The number of amides is 5. The molecule has 1 fully saturated rings. The summed E-state index contributed by atoms with van der Waals surface area (Å²) in [5.74, 6) is -1.75. The molecule has 0 spiro atoms. The second-order valence-electron chi connectivity index (χ2n) is 16.7. The maximum Gasteiger partial charge on any atom is 0.251 e. The van der Waals surface area contributed by atoms with E-state index < -0.39 is 53.7 Å². The lowest BCUT2D eigenvalue weighted by Crippen LogP contribution is -2.56. The van der Waals surface area contributed by atoms with Crippen molar-refractivity contribution in [1.82, 2.24) is 26.2 Å². The summed E-state index contributed by atoms with van der Waals surface area (Å²) in [5.41, 5.74) is 23.3. The highest BCUT2D eigenvalue weighted by Crippen LogP contribution is 2.40. The smallest absolute Gasteiger partial charge is 0.251 e. The Balaban J connectivity index is 1.33. The zero-order chi connectivity index (χ0) is 47.2. The van der Waals surface area contributed by atoms with Gasteiger partial charge in [0.15, 0.2) is 0 Å². The third-order valence-corrected chi connectivity index (χ3v) is 12.1. The van der Waals surface area contributed by atoms with Crippen molar-refractivity contribution in [1.29, 1.82) is 5.26 Å². The number of nitrogens with two attached hydrogens (primary N) is 3. The first-order valence-electron chi connectivity index (χ1n) is 22.6. The lowest BCUT2D eigenvalue weighted by molar-refractivity contribution is -0.141. The summed E-state index contributed by atoms with van der Waals surface area (Å²) in [6.07, 6.45) is 6.32. The Kier molecular flexibility index (Phi) is 17.3. The Morgan fingerprint density at radius 2 is 1.39 bits per heavy atom. The molecule has 2 aliphatic rings.